The summed E-state index contributed by atoms with van der Waals surface area (Å²) in [5.74, 6) is -0.386. The maximum atomic E-state index is 12.2. The highest BCUT2D eigenvalue weighted by molar-refractivity contribution is 5.95. The number of nitrogens with one attached hydrogen (secondary N) is 1. The molecule has 1 rings (SSSR count). The molecule has 5 heteroatoms. The van der Waals surface area contributed by atoms with Crippen LogP contribution in [0.15, 0.2) is 23.5 Å². The first-order chi connectivity index (χ1) is 8.51. The maximum absolute atomic E-state index is 12.2. The number of hydrogen-bond donors (Lipinski definition) is 2. The van der Waals surface area contributed by atoms with Gasteiger partial charge in [0.25, 0.3) is 11.5 Å². The fourth-order valence-electron chi connectivity index (χ4n) is 1.83. The fourth-order valence-corrected chi connectivity index (χ4v) is 1.83. The molecule has 2 N–H and O–H groups in total. The maximum Gasteiger partial charge on any atom is 0.261 e. The van der Waals surface area contributed by atoms with Crippen LogP contribution in [0.5, 0.6) is 0 Å². The number of H-pyrrole nitrogens is 1. The van der Waals surface area contributed by atoms with Gasteiger partial charge in [-0.15, -0.1) is 6.58 Å². The number of carbonyl (C=O) groups is 1. The number of amides is 1. The van der Waals surface area contributed by atoms with E-state index in [-0.39, 0.29) is 24.6 Å². The highest BCUT2D eigenvalue weighted by Gasteiger charge is 2.19. The number of aromatic nitrogens is 1. The van der Waals surface area contributed by atoms with Crippen molar-refractivity contribution in [1.29, 1.82) is 0 Å². The Bertz CT molecular complexity index is 505. The van der Waals surface area contributed by atoms with Crippen LogP contribution in [0.3, 0.4) is 0 Å². The summed E-state index contributed by atoms with van der Waals surface area (Å²) in [4.78, 5) is 28.0. The van der Waals surface area contributed by atoms with Crippen molar-refractivity contribution in [3.05, 3.63) is 45.9 Å². The first-order valence-corrected chi connectivity index (χ1v) is 5.72. The zero-order chi connectivity index (χ0) is 13.7. The molecule has 0 aliphatic carbocycles. The van der Waals surface area contributed by atoms with Crippen LogP contribution in [0.1, 0.15) is 21.6 Å². The van der Waals surface area contributed by atoms with Gasteiger partial charge in [-0.3, -0.25) is 9.59 Å². The number of aromatic amines is 1. The van der Waals surface area contributed by atoms with E-state index >= 15 is 0 Å². The van der Waals surface area contributed by atoms with Crippen molar-refractivity contribution in [3.63, 3.8) is 0 Å². The molecule has 0 atom stereocenters. The molecule has 0 fully saturated rings. The summed E-state index contributed by atoms with van der Waals surface area (Å²) in [6.07, 6.45) is 1.56. The minimum absolute atomic E-state index is 0.121. The monoisotopic (exact) mass is 250 g/mol. The largest absolute Gasteiger partial charge is 0.395 e. The van der Waals surface area contributed by atoms with E-state index < -0.39 is 5.56 Å². The zero-order valence-corrected chi connectivity index (χ0v) is 10.7. The number of pyridine rings is 1. The fraction of sp³-hybridized carbons (Fsp3) is 0.385. The first kappa shape index (κ1) is 14.2. The average molecular weight is 250 g/mol. The van der Waals surface area contributed by atoms with Gasteiger partial charge in [0.05, 0.1) is 6.61 Å². The van der Waals surface area contributed by atoms with Crippen molar-refractivity contribution in [2.24, 2.45) is 0 Å². The molecule has 98 valence electrons. The van der Waals surface area contributed by atoms with Crippen LogP contribution in [0.25, 0.3) is 0 Å². The molecular formula is C13H18N2O3. The molecule has 0 radical (unpaired) electrons. The molecule has 0 aliphatic heterocycles. The predicted molar refractivity (Wildman–Crippen MR) is 69.7 cm³/mol. The Morgan fingerprint density at radius 3 is 2.72 bits per heavy atom. The van der Waals surface area contributed by atoms with Gasteiger partial charge in [0.15, 0.2) is 0 Å². The highest BCUT2D eigenvalue weighted by Crippen LogP contribution is 2.07. The molecule has 1 amide bonds. The van der Waals surface area contributed by atoms with Crippen LogP contribution in [-0.2, 0) is 0 Å². The molecule has 0 saturated heterocycles. The second-order valence-corrected chi connectivity index (χ2v) is 4.10. The van der Waals surface area contributed by atoms with Gasteiger partial charge in [-0.2, -0.15) is 0 Å². The summed E-state index contributed by atoms with van der Waals surface area (Å²) in [5.41, 5.74) is 1.07. The van der Waals surface area contributed by atoms with Gasteiger partial charge in [-0.25, -0.2) is 0 Å². The Hall–Kier alpha value is -1.88. The normalized spacial score (nSPS) is 10.2. The number of hydrogen-bond acceptors (Lipinski definition) is 3. The zero-order valence-electron chi connectivity index (χ0n) is 10.7. The van der Waals surface area contributed by atoms with Crippen molar-refractivity contribution >= 4 is 5.91 Å². The standard InChI is InChI=1S/C13H18N2O3/c1-4-5-15(6-7-16)13(18)11-9(2)8-10(3)14-12(11)17/h4,8,16H,1,5-7H2,2-3H3,(H,14,17). The van der Waals surface area contributed by atoms with Crippen molar-refractivity contribution in [2.45, 2.75) is 13.8 Å². The van der Waals surface area contributed by atoms with Gasteiger partial charge in [0.1, 0.15) is 5.56 Å². The van der Waals surface area contributed by atoms with Crippen LogP contribution in [0, 0.1) is 13.8 Å². The van der Waals surface area contributed by atoms with Crippen LogP contribution < -0.4 is 5.56 Å². The van der Waals surface area contributed by atoms with E-state index in [1.54, 1.807) is 26.0 Å². The molecule has 0 bridgehead atoms. The van der Waals surface area contributed by atoms with E-state index in [2.05, 4.69) is 11.6 Å². The van der Waals surface area contributed by atoms with E-state index in [1.165, 1.54) is 4.90 Å². The molecule has 1 aromatic rings. The second-order valence-electron chi connectivity index (χ2n) is 4.10. The Morgan fingerprint density at radius 1 is 1.56 bits per heavy atom. The van der Waals surface area contributed by atoms with Crippen LogP contribution in [0.2, 0.25) is 0 Å². The Balaban J connectivity index is 3.16. The van der Waals surface area contributed by atoms with Gasteiger partial charge >= 0.3 is 0 Å². The average Bonchev–Trinajstić information content (AvgIpc) is 2.27. The highest BCUT2D eigenvalue weighted by atomic mass is 16.3. The quantitative estimate of drug-likeness (QED) is 0.752. The van der Waals surface area contributed by atoms with Crippen molar-refractivity contribution < 1.29 is 9.90 Å². The SMILES string of the molecule is C=CCN(CCO)C(=O)c1c(C)cc(C)[nH]c1=O. The molecule has 0 saturated carbocycles. The Morgan fingerprint density at radius 2 is 2.22 bits per heavy atom. The molecule has 0 unspecified atom stereocenters. The van der Waals surface area contributed by atoms with E-state index in [4.69, 9.17) is 5.11 Å². The minimum Gasteiger partial charge on any atom is -0.395 e. The number of aliphatic hydroxyl groups excluding tert-OH is 1. The molecular weight excluding hydrogens is 232 g/mol. The number of carbonyl (C=O) groups excluding carboxylic acids is 1. The Kier molecular flexibility index (Phi) is 4.85. The van der Waals surface area contributed by atoms with E-state index in [0.29, 0.717) is 17.8 Å². The van der Waals surface area contributed by atoms with Crippen molar-refractivity contribution in [2.75, 3.05) is 19.7 Å². The number of rotatable bonds is 5. The predicted octanol–water partition coefficient (Wildman–Crippen LogP) is 0.612. The number of nitrogens with zero attached hydrogens (tertiary/aromatic N) is 1. The molecule has 5 nitrogen and oxygen atoms in total. The second kappa shape index (κ2) is 6.16. The third kappa shape index (κ3) is 3.07. The lowest BCUT2D eigenvalue weighted by molar-refractivity contribution is 0.0740. The molecule has 0 spiro atoms. The lowest BCUT2D eigenvalue weighted by atomic mass is 10.1. The summed E-state index contributed by atoms with van der Waals surface area (Å²) in [6.45, 7) is 7.37. The Labute approximate surface area is 106 Å². The van der Waals surface area contributed by atoms with Gasteiger partial charge in [0, 0.05) is 18.8 Å². The summed E-state index contributed by atoms with van der Waals surface area (Å²) in [5, 5.41) is 8.93. The minimum atomic E-state index is -0.399. The van der Waals surface area contributed by atoms with Gasteiger partial charge in [0.2, 0.25) is 0 Å². The lowest BCUT2D eigenvalue weighted by Crippen LogP contribution is -2.37. The van der Waals surface area contributed by atoms with Crippen LogP contribution in [0.4, 0.5) is 0 Å². The van der Waals surface area contributed by atoms with E-state index in [9.17, 15) is 9.59 Å². The summed E-state index contributed by atoms with van der Waals surface area (Å²) >= 11 is 0. The third-order valence-corrected chi connectivity index (χ3v) is 2.59. The lowest BCUT2D eigenvalue weighted by Gasteiger charge is -2.20. The topological polar surface area (TPSA) is 73.4 Å². The number of aryl methyl sites for hydroxylation is 2. The smallest absolute Gasteiger partial charge is 0.261 e. The van der Waals surface area contributed by atoms with E-state index in [1.807, 2.05) is 0 Å². The number of aliphatic hydroxyl groups is 1. The molecule has 0 aliphatic rings. The molecule has 18 heavy (non-hydrogen) atoms. The first-order valence-electron chi connectivity index (χ1n) is 5.72. The summed E-state index contributed by atoms with van der Waals surface area (Å²) in [6, 6.07) is 1.75. The molecule has 1 heterocycles. The van der Waals surface area contributed by atoms with Crippen molar-refractivity contribution in [3.8, 4) is 0 Å². The summed E-state index contributed by atoms with van der Waals surface area (Å²) in [7, 11) is 0. The van der Waals surface area contributed by atoms with Gasteiger partial charge in [-0.1, -0.05) is 6.08 Å². The third-order valence-electron chi connectivity index (χ3n) is 2.59. The van der Waals surface area contributed by atoms with Gasteiger partial charge < -0.3 is 15.0 Å². The molecule has 0 aromatic carbocycles. The van der Waals surface area contributed by atoms with Crippen LogP contribution in [-0.4, -0.2) is 40.6 Å². The summed E-state index contributed by atoms with van der Waals surface area (Å²) < 4.78 is 0. The van der Waals surface area contributed by atoms with Crippen molar-refractivity contribution in [1.82, 2.24) is 9.88 Å². The van der Waals surface area contributed by atoms with Crippen LogP contribution >= 0.6 is 0 Å². The molecule has 1 aromatic heterocycles. The van der Waals surface area contributed by atoms with E-state index in [0.717, 1.165) is 0 Å². The van der Waals surface area contributed by atoms with Gasteiger partial charge in [-0.05, 0) is 25.5 Å².